The van der Waals surface area contributed by atoms with E-state index in [2.05, 4.69) is 57.4 Å². The third-order valence-electron chi connectivity index (χ3n) is 3.19. The van der Waals surface area contributed by atoms with Crippen molar-refractivity contribution in [3.05, 3.63) is 38.7 Å². The number of benzene rings is 1. The molecule has 0 bridgehead atoms. The van der Waals surface area contributed by atoms with Gasteiger partial charge in [-0.2, -0.15) is 0 Å². The molecule has 0 aliphatic heterocycles. The molecular weight excluding hydrogens is 352 g/mol. The summed E-state index contributed by atoms with van der Waals surface area (Å²) in [5.41, 5.74) is 1.03. The average Bonchev–Trinajstić information content (AvgIpc) is 2.79. The minimum absolute atomic E-state index is 0.170. The molecule has 1 atom stereocenters. The van der Waals surface area contributed by atoms with E-state index in [9.17, 15) is 4.79 Å². The first kappa shape index (κ1) is 16.3. The van der Waals surface area contributed by atoms with Gasteiger partial charge < -0.3 is 5.32 Å². The van der Waals surface area contributed by atoms with Crippen LogP contribution >= 0.6 is 27.7 Å². The van der Waals surface area contributed by atoms with Crippen LogP contribution in [-0.4, -0.2) is 21.3 Å². The normalized spacial score (nSPS) is 12.6. The van der Waals surface area contributed by atoms with Crippen molar-refractivity contribution in [2.24, 2.45) is 0 Å². The van der Waals surface area contributed by atoms with Crippen LogP contribution in [0.25, 0.3) is 0 Å². The molecule has 0 saturated carbocycles. The SMILES string of the molecule is CCNC(C)c1ccc(Br)cc1Sc1n[nH]c(=O)n1CC. The lowest BCUT2D eigenvalue weighted by molar-refractivity contribution is 0.589. The minimum Gasteiger partial charge on any atom is -0.310 e. The minimum atomic E-state index is -0.170. The molecule has 0 saturated heterocycles. The molecule has 1 aromatic carbocycles. The Hall–Kier alpha value is -1.05. The van der Waals surface area contributed by atoms with Gasteiger partial charge in [0.2, 0.25) is 0 Å². The highest BCUT2D eigenvalue weighted by atomic mass is 79.9. The molecule has 0 aliphatic carbocycles. The van der Waals surface area contributed by atoms with Crippen LogP contribution in [0.15, 0.2) is 37.5 Å². The second-order valence-electron chi connectivity index (χ2n) is 4.62. The van der Waals surface area contributed by atoms with Crippen molar-refractivity contribution in [1.29, 1.82) is 0 Å². The van der Waals surface area contributed by atoms with Crippen molar-refractivity contribution in [3.8, 4) is 0 Å². The first-order chi connectivity index (χ1) is 10.1. The fourth-order valence-electron chi connectivity index (χ4n) is 2.13. The fourth-order valence-corrected chi connectivity index (χ4v) is 3.80. The summed E-state index contributed by atoms with van der Waals surface area (Å²) in [5.74, 6) is 0. The van der Waals surface area contributed by atoms with E-state index in [4.69, 9.17) is 0 Å². The monoisotopic (exact) mass is 370 g/mol. The average molecular weight is 371 g/mol. The zero-order valence-electron chi connectivity index (χ0n) is 12.3. The summed E-state index contributed by atoms with van der Waals surface area (Å²) in [7, 11) is 0. The standard InChI is InChI=1S/C14H19BrN4OS/c1-4-16-9(3)11-7-6-10(15)8-12(11)21-14-18-17-13(20)19(14)5-2/h6-9,16H,4-5H2,1-3H3,(H,17,20). The van der Waals surface area contributed by atoms with Crippen molar-refractivity contribution < 1.29 is 0 Å². The predicted octanol–water partition coefficient (Wildman–Crippen LogP) is 3.18. The molecule has 1 aromatic heterocycles. The summed E-state index contributed by atoms with van der Waals surface area (Å²) in [6.07, 6.45) is 0. The molecule has 0 aliphatic rings. The second kappa shape index (κ2) is 7.29. The quantitative estimate of drug-likeness (QED) is 0.819. The molecule has 5 nitrogen and oxygen atoms in total. The number of H-pyrrole nitrogens is 1. The van der Waals surface area contributed by atoms with Crippen molar-refractivity contribution in [1.82, 2.24) is 20.1 Å². The Balaban J connectivity index is 2.38. The highest BCUT2D eigenvalue weighted by Crippen LogP contribution is 2.34. The van der Waals surface area contributed by atoms with Crippen LogP contribution < -0.4 is 11.0 Å². The number of nitrogens with zero attached hydrogens (tertiary/aromatic N) is 2. The summed E-state index contributed by atoms with van der Waals surface area (Å²) >= 11 is 5.01. The molecule has 21 heavy (non-hydrogen) atoms. The zero-order valence-corrected chi connectivity index (χ0v) is 14.7. The summed E-state index contributed by atoms with van der Waals surface area (Å²) in [5, 5.41) is 10.7. The summed E-state index contributed by atoms with van der Waals surface area (Å²) < 4.78 is 2.64. The molecule has 2 aromatic rings. The maximum Gasteiger partial charge on any atom is 0.343 e. The van der Waals surface area contributed by atoms with Gasteiger partial charge in [0.05, 0.1) is 0 Å². The second-order valence-corrected chi connectivity index (χ2v) is 6.54. The number of rotatable bonds is 6. The van der Waals surface area contributed by atoms with Crippen LogP contribution in [0.4, 0.5) is 0 Å². The Kier molecular flexibility index (Phi) is 5.66. The molecule has 0 spiro atoms. The molecule has 1 unspecified atom stereocenters. The maximum absolute atomic E-state index is 11.7. The topological polar surface area (TPSA) is 62.7 Å². The predicted molar refractivity (Wildman–Crippen MR) is 88.9 cm³/mol. The van der Waals surface area contributed by atoms with E-state index in [1.807, 2.05) is 13.0 Å². The number of hydrogen-bond donors (Lipinski definition) is 2. The molecule has 0 radical (unpaired) electrons. The number of aromatic nitrogens is 3. The van der Waals surface area contributed by atoms with Crippen molar-refractivity contribution in [3.63, 3.8) is 0 Å². The molecule has 0 amide bonds. The van der Waals surface area contributed by atoms with Crippen LogP contribution in [0.1, 0.15) is 32.4 Å². The molecule has 2 rings (SSSR count). The van der Waals surface area contributed by atoms with Gasteiger partial charge in [-0.25, -0.2) is 9.89 Å². The third kappa shape index (κ3) is 3.78. The molecule has 7 heteroatoms. The number of nitrogens with one attached hydrogen (secondary N) is 2. The highest BCUT2D eigenvalue weighted by molar-refractivity contribution is 9.10. The van der Waals surface area contributed by atoms with Gasteiger partial charge in [-0.1, -0.05) is 28.9 Å². The highest BCUT2D eigenvalue weighted by Gasteiger charge is 2.15. The van der Waals surface area contributed by atoms with Crippen molar-refractivity contribution in [2.45, 2.75) is 43.4 Å². The number of aromatic amines is 1. The molecule has 0 fully saturated rings. The first-order valence-electron chi connectivity index (χ1n) is 6.92. The zero-order chi connectivity index (χ0) is 15.4. The van der Waals surface area contributed by atoms with E-state index in [0.717, 1.165) is 15.9 Å². The van der Waals surface area contributed by atoms with Gasteiger partial charge in [-0.05, 0) is 49.9 Å². The van der Waals surface area contributed by atoms with E-state index < -0.39 is 0 Å². The van der Waals surface area contributed by atoms with Crippen molar-refractivity contribution >= 4 is 27.7 Å². The molecule has 1 heterocycles. The Labute approximate surface area is 136 Å². The fraction of sp³-hybridized carbons (Fsp3) is 0.429. The summed E-state index contributed by atoms with van der Waals surface area (Å²) in [6.45, 7) is 7.66. The molecule has 2 N–H and O–H groups in total. The maximum atomic E-state index is 11.7. The number of hydrogen-bond acceptors (Lipinski definition) is 4. The Morgan fingerprint density at radius 1 is 1.48 bits per heavy atom. The Morgan fingerprint density at radius 2 is 2.24 bits per heavy atom. The largest absolute Gasteiger partial charge is 0.343 e. The van der Waals surface area contributed by atoms with E-state index in [1.54, 1.807) is 4.57 Å². The molecule has 114 valence electrons. The van der Waals surface area contributed by atoms with Crippen LogP contribution in [0.2, 0.25) is 0 Å². The lowest BCUT2D eigenvalue weighted by atomic mass is 10.1. The summed E-state index contributed by atoms with van der Waals surface area (Å²) in [4.78, 5) is 12.7. The van der Waals surface area contributed by atoms with E-state index in [1.165, 1.54) is 17.3 Å². The van der Waals surface area contributed by atoms with Crippen LogP contribution in [-0.2, 0) is 6.54 Å². The Morgan fingerprint density at radius 3 is 2.90 bits per heavy atom. The van der Waals surface area contributed by atoms with Gasteiger partial charge in [0.1, 0.15) is 0 Å². The van der Waals surface area contributed by atoms with E-state index >= 15 is 0 Å². The lowest BCUT2D eigenvalue weighted by Gasteiger charge is -2.17. The van der Waals surface area contributed by atoms with Crippen molar-refractivity contribution in [2.75, 3.05) is 6.54 Å². The summed E-state index contributed by atoms with van der Waals surface area (Å²) in [6, 6.07) is 6.43. The smallest absolute Gasteiger partial charge is 0.310 e. The van der Waals surface area contributed by atoms with Gasteiger partial charge in [-0.15, -0.1) is 5.10 Å². The van der Waals surface area contributed by atoms with Crippen LogP contribution in [0.3, 0.4) is 0 Å². The first-order valence-corrected chi connectivity index (χ1v) is 8.53. The van der Waals surface area contributed by atoms with Crippen LogP contribution in [0.5, 0.6) is 0 Å². The lowest BCUT2D eigenvalue weighted by Crippen LogP contribution is -2.18. The van der Waals surface area contributed by atoms with E-state index in [0.29, 0.717) is 11.7 Å². The van der Waals surface area contributed by atoms with Gasteiger partial charge in [0, 0.05) is 22.0 Å². The molecular formula is C14H19BrN4OS. The van der Waals surface area contributed by atoms with Crippen LogP contribution in [0, 0.1) is 0 Å². The van der Waals surface area contributed by atoms with Gasteiger partial charge in [-0.3, -0.25) is 4.57 Å². The Bertz CT molecular complexity index is 667. The number of halogens is 1. The van der Waals surface area contributed by atoms with Gasteiger partial charge >= 0.3 is 5.69 Å². The van der Waals surface area contributed by atoms with Gasteiger partial charge in [0.25, 0.3) is 0 Å². The van der Waals surface area contributed by atoms with Gasteiger partial charge in [0.15, 0.2) is 5.16 Å². The van der Waals surface area contributed by atoms with E-state index in [-0.39, 0.29) is 11.7 Å². The third-order valence-corrected chi connectivity index (χ3v) is 4.75.